The largest absolute Gasteiger partial charge is 0.306 e. The summed E-state index contributed by atoms with van der Waals surface area (Å²) in [6, 6.07) is 1.67. The van der Waals surface area contributed by atoms with Crippen molar-refractivity contribution in [2.75, 3.05) is 40.3 Å². The van der Waals surface area contributed by atoms with Crippen LogP contribution in [-0.4, -0.2) is 65.3 Å². The maximum absolute atomic E-state index is 2.68. The van der Waals surface area contributed by atoms with E-state index in [1.165, 1.54) is 51.9 Å². The first kappa shape index (κ1) is 13.1. The number of likely N-dealkylation sites (tertiary alicyclic amines) is 1. The van der Waals surface area contributed by atoms with Crippen LogP contribution in [0.15, 0.2) is 0 Å². The smallest absolute Gasteiger partial charge is 0.0201 e. The Bertz CT molecular complexity index is 186. The van der Waals surface area contributed by atoms with Gasteiger partial charge in [-0.15, -0.1) is 0 Å². The predicted molar refractivity (Wildman–Crippen MR) is 76.9 cm³/mol. The molecule has 0 aromatic heterocycles. The standard InChI is InChI=1S/C12H24IN3/c1-14-7-3-11(4-8-14)15(2)12-5-9-16(13)10-6-12/h11-12H,3-10H2,1-2H3. The second-order valence-corrected chi connectivity index (χ2v) is 6.71. The molecule has 0 amide bonds. The zero-order chi connectivity index (χ0) is 11.5. The van der Waals surface area contributed by atoms with Gasteiger partial charge in [0.05, 0.1) is 0 Å². The minimum atomic E-state index is 0.833. The quantitative estimate of drug-likeness (QED) is 0.562. The Labute approximate surface area is 114 Å². The fourth-order valence-electron chi connectivity index (χ4n) is 2.94. The highest BCUT2D eigenvalue weighted by molar-refractivity contribution is 14.1. The third-order valence-electron chi connectivity index (χ3n) is 4.25. The van der Waals surface area contributed by atoms with Gasteiger partial charge in [0.25, 0.3) is 0 Å². The molecular weight excluding hydrogens is 313 g/mol. The lowest BCUT2D eigenvalue weighted by Crippen LogP contribution is -2.49. The van der Waals surface area contributed by atoms with Crippen molar-refractivity contribution in [3.05, 3.63) is 0 Å². The molecule has 0 saturated carbocycles. The molecule has 3 nitrogen and oxygen atoms in total. The summed E-state index contributed by atoms with van der Waals surface area (Å²) >= 11 is 2.46. The van der Waals surface area contributed by atoms with E-state index in [0.717, 1.165) is 12.1 Å². The zero-order valence-corrected chi connectivity index (χ0v) is 12.7. The first-order valence-electron chi connectivity index (χ1n) is 6.48. The molecule has 4 heteroatoms. The summed E-state index contributed by atoms with van der Waals surface area (Å²) in [6.45, 7) is 5.09. The fourth-order valence-corrected chi connectivity index (χ4v) is 3.50. The minimum Gasteiger partial charge on any atom is -0.306 e. The van der Waals surface area contributed by atoms with E-state index < -0.39 is 0 Å². The van der Waals surface area contributed by atoms with Gasteiger partial charge in [-0.2, -0.15) is 0 Å². The Balaban J connectivity index is 1.80. The normalized spacial score (nSPS) is 27.8. The summed E-state index contributed by atoms with van der Waals surface area (Å²) in [5.74, 6) is 0. The van der Waals surface area contributed by atoms with E-state index in [9.17, 15) is 0 Å². The summed E-state index contributed by atoms with van der Waals surface area (Å²) in [4.78, 5) is 5.13. The van der Waals surface area contributed by atoms with Crippen LogP contribution in [0.1, 0.15) is 25.7 Å². The van der Waals surface area contributed by atoms with Crippen LogP contribution in [0, 0.1) is 0 Å². The molecule has 0 N–H and O–H groups in total. The Morgan fingerprint density at radius 2 is 1.38 bits per heavy atom. The number of hydrogen-bond acceptors (Lipinski definition) is 3. The van der Waals surface area contributed by atoms with E-state index in [4.69, 9.17) is 0 Å². The van der Waals surface area contributed by atoms with Crippen LogP contribution in [0.25, 0.3) is 0 Å². The molecule has 0 spiro atoms. The number of rotatable bonds is 2. The average molecular weight is 337 g/mol. The fraction of sp³-hybridized carbons (Fsp3) is 1.00. The summed E-state index contributed by atoms with van der Waals surface area (Å²) in [5, 5.41) is 0. The SMILES string of the molecule is CN1CCC(N(C)C2CCN(I)CC2)CC1. The van der Waals surface area contributed by atoms with E-state index in [1.54, 1.807) is 0 Å². The molecule has 2 aliphatic rings. The third kappa shape index (κ3) is 3.31. The van der Waals surface area contributed by atoms with E-state index >= 15 is 0 Å². The number of nitrogens with zero attached hydrogens (tertiary/aromatic N) is 3. The first-order chi connectivity index (χ1) is 7.66. The molecule has 0 radical (unpaired) electrons. The molecule has 0 bridgehead atoms. The summed E-state index contributed by atoms with van der Waals surface area (Å²) in [7, 11) is 4.59. The van der Waals surface area contributed by atoms with Crippen molar-refractivity contribution < 1.29 is 0 Å². The minimum absolute atomic E-state index is 0.833. The summed E-state index contributed by atoms with van der Waals surface area (Å²) in [6.07, 6.45) is 5.42. The lowest BCUT2D eigenvalue weighted by Gasteiger charge is -2.41. The van der Waals surface area contributed by atoms with Crippen molar-refractivity contribution in [2.24, 2.45) is 0 Å². The number of halogens is 1. The lowest BCUT2D eigenvalue weighted by molar-refractivity contribution is 0.0846. The summed E-state index contributed by atoms with van der Waals surface area (Å²) in [5.41, 5.74) is 0. The highest BCUT2D eigenvalue weighted by Crippen LogP contribution is 2.23. The van der Waals surface area contributed by atoms with Gasteiger partial charge in [0.1, 0.15) is 0 Å². The molecular formula is C12H24IN3. The maximum Gasteiger partial charge on any atom is 0.0201 e. The van der Waals surface area contributed by atoms with Crippen LogP contribution < -0.4 is 0 Å². The molecule has 0 atom stereocenters. The van der Waals surface area contributed by atoms with E-state index in [0.29, 0.717) is 0 Å². The van der Waals surface area contributed by atoms with Crippen LogP contribution in [0.5, 0.6) is 0 Å². The van der Waals surface area contributed by atoms with Gasteiger partial charge in [-0.25, -0.2) is 3.11 Å². The topological polar surface area (TPSA) is 9.72 Å². The van der Waals surface area contributed by atoms with Crippen LogP contribution in [0.2, 0.25) is 0 Å². The van der Waals surface area contributed by atoms with Crippen LogP contribution in [0.3, 0.4) is 0 Å². The van der Waals surface area contributed by atoms with Gasteiger partial charge in [-0.3, -0.25) is 0 Å². The van der Waals surface area contributed by atoms with Gasteiger partial charge in [0.2, 0.25) is 0 Å². The Kier molecular flexibility index (Phi) is 4.88. The van der Waals surface area contributed by atoms with E-state index in [1.807, 2.05) is 0 Å². The monoisotopic (exact) mass is 337 g/mol. The molecule has 0 aliphatic carbocycles. The molecule has 2 aliphatic heterocycles. The second-order valence-electron chi connectivity index (χ2n) is 5.34. The molecule has 0 aromatic carbocycles. The van der Waals surface area contributed by atoms with E-state index in [-0.39, 0.29) is 0 Å². The van der Waals surface area contributed by atoms with Crippen molar-refractivity contribution >= 4 is 22.9 Å². The second kappa shape index (κ2) is 5.98. The lowest BCUT2D eigenvalue weighted by atomic mass is 9.98. The van der Waals surface area contributed by atoms with Crippen molar-refractivity contribution in [2.45, 2.75) is 37.8 Å². The van der Waals surface area contributed by atoms with Gasteiger partial charge < -0.3 is 9.80 Å². The van der Waals surface area contributed by atoms with Gasteiger partial charge in [0, 0.05) is 48.0 Å². The Morgan fingerprint density at radius 1 is 0.938 bits per heavy atom. The molecule has 2 heterocycles. The van der Waals surface area contributed by atoms with Crippen LogP contribution in [0.4, 0.5) is 0 Å². The first-order valence-corrected chi connectivity index (χ1v) is 7.44. The van der Waals surface area contributed by atoms with Crippen LogP contribution >= 0.6 is 22.9 Å². The van der Waals surface area contributed by atoms with Crippen LogP contribution in [-0.2, 0) is 0 Å². The maximum atomic E-state index is 2.68. The van der Waals surface area contributed by atoms with Gasteiger partial charge >= 0.3 is 0 Å². The Morgan fingerprint density at radius 3 is 1.88 bits per heavy atom. The van der Waals surface area contributed by atoms with Crippen molar-refractivity contribution in [1.29, 1.82) is 0 Å². The molecule has 2 fully saturated rings. The predicted octanol–water partition coefficient (Wildman–Crippen LogP) is 1.83. The average Bonchev–Trinajstić information content (AvgIpc) is 2.30. The highest BCUT2D eigenvalue weighted by atomic mass is 127. The van der Waals surface area contributed by atoms with Gasteiger partial charge in [0.15, 0.2) is 0 Å². The van der Waals surface area contributed by atoms with Gasteiger partial charge in [-0.1, -0.05) is 0 Å². The summed E-state index contributed by atoms with van der Waals surface area (Å²) < 4.78 is 2.43. The van der Waals surface area contributed by atoms with Crippen molar-refractivity contribution in [3.63, 3.8) is 0 Å². The molecule has 16 heavy (non-hydrogen) atoms. The van der Waals surface area contributed by atoms with Crippen molar-refractivity contribution in [3.8, 4) is 0 Å². The Hall–Kier alpha value is 0.610. The molecule has 2 saturated heterocycles. The molecule has 0 unspecified atom stereocenters. The highest BCUT2D eigenvalue weighted by Gasteiger charge is 2.28. The number of piperidine rings is 2. The number of hydrogen-bond donors (Lipinski definition) is 0. The van der Waals surface area contributed by atoms with Crippen molar-refractivity contribution in [1.82, 2.24) is 12.9 Å². The van der Waals surface area contributed by atoms with E-state index in [2.05, 4.69) is 49.9 Å². The third-order valence-corrected chi connectivity index (χ3v) is 5.21. The molecule has 94 valence electrons. The van der Waals surface area contributed by atoms with Gasteiger partial charge in [-0.05, 0) is 52.9 Å². The molecule has 0 aromatic rings. The zero-order valence-electron chi connectivity index (χ0n) is 10.5. The molecule has 2 rings (SSSR count).